The molecule has 0 aliphatic carbocycles. The number of piperidine rings is 2. The molecular weight excluding hydrogens is 437 g/mol. The monoisotopic (exact) mass is 472 g/mol. The molecule has 3 nitrogen and oxygen atoms in total. The van der Waals surface area contributed by atoms with E-state index < -0.39 is 12.1 Å². The third-order valence-corrected chi connectivity index (χ3v) is 7.25. The van der Waals surface area contributed by atoms with Crippen LogP contribution in [0, 0.1) is 11.8 Å². The molecule has 2 aliphatic heterocycles. The van der Waals surface area contributed by atoms with Gasteiger partial charge in [0.2, 0.25) is 0 Å². The first-order chi connectivity index (χ1) is 16.4. The Morgan fingerprint density at radius 1 is 0.882 bits per heavy atom. The highest BCUT2D eigenvalue weighted by Crippen LogP contribution is 2.35. The number of halogens is 3. The van der Waals surface area contributed by atoms with Gasteiger partial charge in [0.1, 0.15) is 5.78 Å². The molecule has 6 heteroatoms. The van der Waals surface area contributed by atoms with E-state index in [0.29, 0.717) is 37.5 Å². The molecule has 0 radical (unpaired) electrons. The predicted octanol–water partition coefficient (Wildman–Crippen LogP) is 6.27. The summed E-state index contributed by atoms with van der Waals surface area (Å²) in [6.45, 7) is 3.50. The topological polar surface area (TPSA) is 23.6 Å². The third-order valence-electron chi connectivity index (χ3n) is 7.25. The summed E-state index contributed by atoms with van der Waals surface area (Å²) in [4.78, 5) is 16.8. The van der Waals surface area contributed by atoms with Gasteiger partial charge in [-0.1, -0.05) is 42.5 Å². The van der Waals surface area contributed by atoms with Gasteiger partial charge in [-0.05, 0) is 67.8 Å². The number of hydrogen-bond donors (Lipinski definition) is 0. The van der Waals surface area contributed by atoms with Crippen LogP contribution >= 0.6 is 0 Å². The van der Waals surface area contributed by atoms with Gasteiger partial charge in [-0.3, -0.25) is 9.69 Å². The highest BCUT2D eigenvalue weighted by atomic mass is 19.4. The molecule has 34 heavy (non-hydrogen) atoms. The van der Waals surface area contributed by atoms with Crippen LogP contribution in [-0.2, 0) is 17.8 Å². The van der Waals surface area contributed by atoms with Crippen LogP contribution in [0.2, 0.25) is 0 Å². The molecule has 2 fully saturated rings. The lowest BCUT2D eigenvalue weighted by Gasteiger charge is -2.35. The molecule has 0 saturated carbocycles. The van der Waals surface area contributed by atoms with Crippen LogP contribution in [0.25, 0.3) is 0 Å². The van der Waals surface area contributed by atoms with Crippen molar-refractivity contribution in [3.05, 3.63) is 65.7 Å². The number of aryl methyl sites for hydroxylation is 1. The van der Waals surface area contributed by atoms with Crippen molar-refractivity contribution in [1.82, 2.24) is 4.90 Å². The third kappa shape index (κ3) is 7.08. The lowest BCUT2D eigenvalue weighted by molar-refractivity contribution is -0.176. The summed E-state index contributed by atoms with van der Waals surface area (Å²) in [5, 5.41) is 0. The fourth-order valence-corrected chi connectivity index (χ4v) is 5.36. The zero-order chi connectivity index (χ0) is 24.0. The van der Waals surface area contributed by atoms with E-state index in [1.807, 2.05) is 47.4 Å². The molecule has 4 rings (SSSR count). The maximum absolute atomic E-state index is 13.1. The Hall–Kier alpha value is -2.34. The minimum absolute atomic E-state index is 0.0505. The van der Waals surface area contributed by atoms with E-state index in [-0.39, 0.29) is 13.0 Å². The van der Waals surface area contributed by atoms with Gasteiger partial charge >= 0.3 is 6.18 Å². The average Bonchev–Trinajstić information content (AvgIpc) is 2.84. The Morgan fingerprint density at radius 2 is 1.62 bits per heavy atom. The van der Waals surface area contributed by atoms with Crippen LogP contribution in [0.15, 0.2) is 54.6 Å². The first-order valence-corrected chi connectivity index (χ1v) is 12.6. The lowest BCUT2D eigenvalue weighted by atomic mass is 9.91. The highest BCUT2D eigenvalue weighted by molar-refractivity contribution is 5.78. The van der Waals surface area contributed by atoms with Crippen LogP contribution in [-0.4, -0.2) is 43.0 Å². The van der Waals surface area contributed by atoms with Gasteiger partial charge in [0.25, 0.3) is 0 Å². The van der Waals surface area contributed by atoms with Gasteiger partial charge in [-0.2, -0.15) is 13.2 Å². The first-order valence-electron chi connectivity index (χ1n) is 12.6. The molecule has 0 amide bonds. The molecule has 2 saturated heterocycles. The summed E-state index contributed by atoms with van der Waals surface area (Å²) >= 11 is 0. The fraction of sp³-hybridized carbons (Fsp3) is 0.536. The van der Waals surface area contributed by atoms with Gasteiger partial charge in [0, 0.05) is 44.7 Å². The minimum atomic E-state index is -4.12. The van der Waals surface area contributed by atoms with Crippen molar-refractivity contribution >= 4 is 11.5 Å². The standard InChI is InChI=1S/C28H35F3N2O/c29-28(30,31)25-9-5-17-33(21-25)26-13-10-23(11-14-26)19-32-16-4-8-24(20-32)18-27(34)15-12-22-6-2-1-3-7-22/h1-3,6-7,10-11,13-14,24-25H,4-5,8-9,12,15-21H2. The van der Waals surface area contributed by atoms with Crippen molar-refractivity contribution in [3.63, 3.8) is 0 Å². The van der Waals surface area contributed by atoms with Crippen molar-refractivity contribution in [3.8, 4) is 0 Å². The van der Waals surface area contributed by atoms with Crippen LogP contribution < -0.4 is 4.90 Å². The summed E-state index contributed by atoms with van der Waals surface area (Å²) < 4.78 is 39.4. The molecule has 2 aromatic rings. The number of anilines is 1. The molecule has 2 heterocycles. The maximum Gasteiger partial charge on any atom is 0.393 e. The van der Waals surface area contributed by atoms with Crippen molar-refractivity contribution in [2.24, 2.45) is 11.8 Å². The Morgan fingerprint density at radius 3 is 2.35 bits per heavy atom. The summed E-state index contributed by atoms with van der Waals surface area (Å²) in [6, 6.07) is 18.2. The molecule has 0 bridgehead atoms. The SMILES string of the molecule is O=C(CCc1ccccc1)CC1CCCN(Cc2ccc(N3CCCC(C(F)(F)F)C3)cc2)C1. The normalized spacial score (nSPS) is 22.0. The zero-order valence-electron chi connectivity index (χ0n) is 19.8. The Bertz CT molecular complexity index is 913. The molecule has 2 aromatic carbocycles. The molecule has 0 aromatic heterocycles. The number of nitrogens with zero attached hydrogens (tertiary/aromatic N) is 2. The molecule has 2 unspecified atom stereocenters. The van der Waals surface area contributed by atoms with Gasteiger partial charge in [-0.15, -0.1) is 0 Å². The number of hydrogen-bond acceptors (Lipinski definition) is 3. The van der Waals surface area contributed by atoms with Gasteiger partial charge < -0.3 is 4.90 Å². The Kier molecular flexibility index (Phi) is 8.30. The van der Waals surface area contributed by atoms with E-state index in [4.69, 9.17) is 0 Å². The molecule has 184 valence electrons. The second kappa shape index (κ2) is 11.4. The van der Waals surface area contributed by atoms with Crippen LogP contribution in [0.1, 0.15) is 49.7 Å². The Balaban J connectivity index is 1.24. The van der Waals surface area contributed by atoms with Crippen molar-refractivity contribution in [2.45, 2.75) is 57.7 Å². The van der Waals surface area contributed by atoms with Crippen LogP contribution in [0.3, 0.4) is 0 Å². The van der Waals surface area contributed by atoms with Crippen molar-refractivity contribution in [2.75, 3.05) is 31.1 Å². The van der Waals surface area contributed by atoms with Crippen LogP contribution in [0.4, 0.5) is 18.9 Å². The second-order valence-corrected chi connectivity index (χ2v) is 9.96. The molecule has 0 N–H and O–H groups in total. The van der Waals surface area contributed by atoms with Crippen LogP contribution in [0.5, 0.6) is 0 Å². The highest BCUT2D eigenvalue weighted by Gasteiger charge is 2.41. The first kappa shape index (κ1) is 24.8. The van der Waals surface area contributed by atoms with E-state index in [2.05, 4.69) is 17.0 Å². The van der Waals surface area contributed by atoms with E-state index in [1.54, 1.807) is 0 Å². The molecular formula is C28H35F3N2O. The van der Waals surface area contributed by atoms with E-state index in [0.717, 1.165) is 44.6 Å². The number of Topliss-reactive ketones (excluding diaryl/α,β-unsaturated/α-hetero) is 1. The molecule has 2 aliphatic rings. The largest absolute Gasteiger partial charge is 0.393 e. The quantitative estimate of drug-likeness (QED) is 0.452. The van der Waals surface area contributed by atoms with Gasteiger partial charge in [-0.25, -0.2) is 0 Å². The summed E-state index contributed by atoms with van der Waals surface area (Å²) in [5.41, 5.74) is 3.26. The second-order valence-electron chi connectivity index (χ2n) is 9.96. The van der Waals surface area contributed by atoms with Crippen molar-refractivity contribution < 1.29 is 18.0 Å². The van der Waals surface area contributed by atoms with Gasteiger partial charge in [0.15, 0.2) is 0 Å². The number of carbonyl (C=O) groups is 1. The summed E-state index contributed by atoms with van der Waals surface area (Å²) in [6.07, 6.45) is 0.943. The summed E-state index contributed by atoms with van der Waals surface area (Å²) in [7, 11) is 0. The van der Waals surface area contributed by atoms with Gasteiger partial charge in [0.05, 0.1) is 5.92 Å². The Labute approximate surface area is 200 Å². The zero-order valence-corrected chi connectivity index (χ0v) is 19.8. The number of benzene rings is 2. The lowest BCUT2D eigenvalue weighted by Crippen LogP contribution is -2.41. The number of rotatable bonds is 8. The van der Waals surface area contributed by atoms with Crippen molar-refractivity contribution in [1.29, 1.82) is 0 Å². The molecule has 2 atom stereocenters. The number of alkyl halides is 3. The predicted molar refractivity (Wildman–Crippen MR) is 130 cm³/mol. The average molecular weight is 473 g/mol. The number of carbonyl (C=O) groups excluding carboxylic acids is 1. The molecule has 0 spiro atoms. The fourth-order valence-electron chi connectivity index (χ4n) is 5.36. The van der Waals surface area contributed by atoms with E-state index in [9.17, 15) is 18.0 Å². The number of likely N-dealkylation sites (tertiary alicyclic amines) is 1. The smallest absolute Gasteiger partial charge is 0.371 e. The maximum atomic E-state index is 13.1. The minimum Gasteiger partial charge on any atom is -0.371 e. The van der Waals surface area contributed by atoms with E-state index in [1.165, 1.54) is 11.1 Å². The summed E-state index contributed by atoms with van der Waals surface area (Å²) in [5.74, 6) is -0.482. The number of ketones is 1. The van der Waals surface area contributed by atoms with E-state index >= 15 is 0 Å².